The number of sulfonamides is 1. The number of thiol groups is 1. The molecule has 0 aliphatic carbocycles. The minimum Gasteiger partial charge on any atom is -0.480 e. The molecule has 14 nitrogen and oxygen atoms in total. The maximum absolute atomic E-state index is 13.2. The summed E-state index contributed by atoms with van der Waals surface area (Å²) in [5, 5.41) is 20.3. The van der Waals surface area contributed by atoms with Crippen LogP contribution in [0.1, 0.15) is 40.5 Å². The van der Waals surface area contributed by atoms with E-state index in [0.717, 1.165) is 5.69 Å². The normalized spacial score (nSPS) is 13.5. The van der Waals surface area contributed by atoms with E-state index in [1.54, 1.807) is 24.3 Å². The highest BCUT2D eigenvalue weighted by molar-refractivity contribution is 7.89. The zero-order chi connectivity index (χ0) is 35.5. The van der Waals surface area contributed by atoms with E-state index in [2.05, 4.69) is 38.6 Å². The summed E-state index contributed by atoms with van der Waals surface area (Å²) >= 11 is 4.14. The molecule has 0 fully saturated rings. The van der Waals surface area contributed by atoms with Crippen LogP contribution in [0.25, 0.3) is 10.8 Å². The van der Waals surface area contributed by atoms with E-state index in [1.165, 1.54) is 6.07 Å². The molecule has 2 rings (SSSR count). The third kappa shape index (κ3) is 12.0. The van der Waals surface area contributed by atoms with Gasteiger partial charge in [0.2, 0.25) is 33.7 Å². The molecule has 260 valence electrons. The van der Waals surface area contributed by atoms with Crippen molar-refractivity contribution in [2.24, 2.45) is 11.8 Å². The van der Waals surface area contributed by atoms with Crippen molar-refractivity contribution in [2.45, 2.75) is 63.6 Å². The van der Waals surface area contributed by atoms with Crippen molar-refractivity contribution in [2.75, 3.05) is 37.8 Å². The smallest absolute Gasteiger partial charge is 0.326 e. The largest absolute Gasteiger partial charge is 0.480 e. The third-order valence-electron chi connectivity index (χ3n) is 6.99. The fourth-order valence-electron chi connectivity index (χ4n) is 4.77. The van der Waals surface area contributed by atoms with Gasteiger partial charge < -0.3 is 31.3 Å². The van der Waals surface area contributed by atoms with Crippen LogP contribution in [0.5, 0.6) is 0 Å². The van der Waals surface area contributed by atoms with E-state index in [-0.39, 0.29) is 35.3 Å². The summed E-state index contributed by atoms with van der Waals surface area (Å²) in [6, 6.07) is 6.71. The van der Waals surface area contributed by atoms with Crippen LogP contribution >= 0.6 is 12.6 Å². The summed E-state index contributed by atoms with van der Waals surface area (Å²) in [4.78, 5) is 64.4. The predicted molar refractivity (Wildman–Crippen MR) is 183 cm³/mol. The van der Waals surface area contributed by atoms with Gasteiger partial charge >= 0.3 is 5.97 Å². The molecule has 0 aliphatic rings. The lowest BCUT2D eigenvalue weighted by Gasteiger charge is -2.24. The van der Waals surface area contributed by atoms with E-state index in [0.29, 0.717) is 10.8 Å². The van der Waals surface area contributed by atoms with Crippen molar-refractivity contribution in [1.82, 2.24) is 26.0 Å². The Balaban J connectivity index is 2.04. The Morgan fingerprint density at radius 3 is 1.89 bits per heavy atom. The number of carboxylic acid groups (broad SMARTS) is 1. The standard InChI is InChI=1S/C31H46N6O8S2/c1-18(2)13-22(29(40)32-15-27(38)34-23(31(42)43)14-19(3)4)36-30(41)24(17-46)35-28(39)16-33-47(44,45)26-12-8-9-20-21(26)10-7-11-25(20)37(5)6/h7-12,18-19,22-24,33,46H,13-17H2,1-6H3,(H,32,40)(H,34,38)(H,35,39)(H,36,41)(H,42,43)/t22-,23-,24-/m0/s1. The number of aliphatic carboxylic acids is 1. The zero-order valence-electron chi connectivity index (χ0n) is 27.5. The Bertz CT molecular complexity index is 1550. The molecule has 0 unspecified atom stereocenters. The number of hydrogen-bond donors (Lipinski definition) is 7. The highest BCUT2D eigenvalue weighted by Gasteiger charge is 2.28. The van der Waals surface area contributed by atoms with Crippen LogP contribution in [0.4, 0.5) is 5.69 Å². The number of benzene rings is 2. The van der Waals surface area contributed by atoms with E-state index in [4.69, 9.17) is 0 Å². The van der Waals surface area contributed by atoms with Crippen molar-refractivity contribution < 1.29 is 37.5 Å². The van der Waals surface area contributed by atoms with Gasteiger partial charge in [-0.3, -0.25) is 19.2 Å². The SMILES string of the molecule is CC(C)C[C@H](NC(=O)CNC(=O)[C@H](CC(C)C)NC(=O)[C@H](CS)NC(=O)CNS(=O)(=O)c1cccc2c(N(C)C)cccc12)C(=O)O. The first-order chi connectivity index (χ1) is 22.0. The summed E-state index contributed by atoms with van der Waals surface area (Å²) < 4.78 is 28.7. The zero-order valence-corrected chi connectivity index (χ0v) is 29.2. The van der Waals surface area contributed by atoms with Crippen molar-refractivity contribution in [3.05, 3.63) is 36.4 Å². The summed E-state index contributed by atoms with van der Waals surface area (Å²) in [6.07, 6.45) is 0.401. The molecule has 2 aromatic rings. The minimum absolute atomic E-state index is 0.00962. The van der Waals surface area contributed by atoms with Crippen LogP contribution < -0.4 is 30.9 Å². The molecule has 47 heavy (non-hydrogen) atoms. The van der Waals surface area contributed by atoms with E-state index >= 15 is 0 Å². The van der Waals surface area contributed by atoms with Gasteiger partial charge in [0.05, 0.1) is 18.0 Å². The average Bonchev–Trinajstić information content (AvgIpc) is 2.99. The van der Waals surface area contributed by atoms with E-state index < -0.39 is 70.8 Å². The molecule has 4 amide bonds. The van der Waals surface area contributed by atoms with Gasteiger partial charge in [-0.05, 0) is 36.8 Å². The first kappa shape index (κ1) is 39.3. The van der Waals surface area contributed by atoms with Crippen LogP contribution in [0.2, 0.25) is 0 Å². The Kier molecular flexibility index (Phi) is 14.9. The fourth-order valence-corrected chi connectivity index (χ4v) is 6.23. The topological polar surface area (TPSA) is 203 Å². The van der Waals surface area contributed by atoms with Crippen LogP contribution in [-0.4, -0.2) is 94.2 Å². The molecule has 0 saturated heterocycles. The number of rotatable bonds is 18. The summed E-state index contributed by atoms with van der Waals surface area (Å²) in [6.45, 7) is 6.10. The number of carbonyl (C=O) groups excluding carboxylic acids is 4. The van der Waals surface area contributed by atoms with Gasteiger partial charge in [0, 0.05) is 36.3 Å². The quantitative estimate of drug-likeness (QED) is 0.111. The van der Waals surface area contributed by atoms with E-state index in [9.17, 15) is 37.5 Å². The number of hydrogen-bond acceptors (Lipinski definition) is 9. The second kappa shape index (κ2) is 17.9. The van der Waals surface area contributed by atoms with Gasteiger partial charge in [0.25, 0.3) is 0 Å². The Morgan fingerprint density at radius 1 is 0.766 bits per heavy atom. The summed E-state index contributed by atoms with van der Waals surface area (Å²) in [7, 11) is -0.443. The fraction of sp³-hybridized carbons (Fsp3) is 0.516. The van der Waals surface area contributed by atoms with Crippen LogP contribution in [-0.2, 0) is 34.0 Å². The molecule has 0 bridgehead atoms. The van der Waals surface area contributed by atoms with Gasteiger partial charge in [0.1, 0.15) is 18.1 Å². The van der Waals surface area contributed by atoms with Crippen molar-refractivity contribution in [3.63, 3.8) is 0 Å². The number of nitrogens with one attached hydrogen (secondary N) is 5. The molecule has 6 N–H and O–H groups in total. The lowest BCUT2D eigenvalue weighted by atomic mass is 10.0. The molecule has 0 heterocycles. The van der Waals surface area contributed by atoms with Crippen molar-refractivity contribution >= 4 is 68.7 Å². The van der Waals surface area contributed by atoms with Crippen LogP contribution in [0, 0.1) is 11.8 Å². The van der Waals surface area contributed by atoms with E-state index in [1.807, 2.05) is 52.8 Å². The molecule has 3 atom stereocenters. The van der Waals surface area contributed by atoms with Gasteiger partial charge in [-0.15, -0.1) is 0 Å². The Hall–Kier alpha value is -3.89. The van der Waals surface area contributed by atoms with Gasteiger partial charge in [-0.2, -0.15) is 12.6 Å². The maximum atomic E-state index is 13.2. The molecular weight excluding hydrogens is 649 g/mol. The van der Waals surface area contributed by atoms with Gasteiger partial charge in [-0.1, -0.05) is 52.0 Å². The number of amides is 4. The van der Waals surface area contributed by atoms with Crippen LogP contribution in [0.15, 0.2) is 41.3 Å². The lowest BCUT2D eigenvalue weighted by Crippen LogP contribution is -2.56. The molecule has 0 saturated carbocycles. The van der Waals surface area contributed by atoms with Crippen LogP contribution in [0.3, 0.4) is 0 Å². The number of anilines is 1. The molecule has 0 spiro atoms. The minimum atomic E-state index is -4.13. The van der Waals surface area contributed by atoms with Crippen molar-refractivity contribution in [1.29, 1.82) is 0 Å². The highest BCUT2D eigenvalue weighted by atomic mass is 32.2. The van der Waals surface area contributed by atoms with Gasteiger partial charge in [0.15, 0.2) is 0 Å². The number of nitrogens with zero attached hydrogens (tertiary/aromatic N) is 1. The number of fused-ring (bicyclic) bond motifs is 1. The first-order valence-electron chi connectivity index (χ1n) is 15.2. The number of carboxylic acids is 1. The average molecular weight is 695 g/mol. The second-order valence-electron chi connectivity index (χ2n) is 12.1. The predicted octanol–water partition coefficient (Wildman–Crippen LogP) is 0.861. The molecule has 2 aromatic carbocycles. The molecule has 0 aromatic heterocycles. The van der Waals surface area contributed by atoms with Crippen molar-refractivity contribution in [3.8, 4) is 0 Å². The monoisotopic (exact) mass is 694 g/mol. The van der Waals surface area contributed by atoms with Gasteiger partial charge in [-0.25, -0.2) is 17.9 Å². The number of carbonyl (C=O) groups is 5. The molecule has 0 aliphatic heterocycles. The molecule has 16 heteroatoms. The molecule has 0 radical (unpaired) electrons. The third-order valence-corrected chi connectivity index (χ3v) is 8.82. The second-order valence-corrected chi connectivity index (χ2v) is 14.2. The maximum Gasteiger partial charge on any atom is 0.326 e. The lowest BCUT2D eigenvalue weighted by molar-refractivity contribution is -0.142. The Morgan fingerprint density at radius 2 is 1.32 bits per heavy atom. The summed E-state index contributed by atoms with van der Waals surface area (Å²) in [5.41, 5.74) is 0.820. The molecular formula is C31H46N6O8S2. The first-order valence-corrected chi connectivity index (χ1v) is 17.3. The Labute approximate surface area is 281 Å². The highest BCUT2D eigenvalue weighted by Crippen LogP contribution is 2.30. The summed E-state index contributed by atoms with van der Waals surface area (Å²) in [5.74, 6) is -4.31.